The lowest BCUT2D eigenvalue weighted by Crippen LogP contribution is -2.44. The Morgan fingerprint density at radius 1 is 1.17 bits per heavy atom. The summed E-state index contributed by atoms with van der Waals surface area (Å²) in [6.45, 7) is 6.01. The summed E-state index contributed by atoms with van der Waals surface area (Å²) in [5, 5.41) is 11.6. The molecule has 0 fully saturated rings. The van der Waals surface area contributed by atoms with Crippen molar-refractivity contribution in [2.24, 2.45) is 0 Å². The van der Waals surface area contributed by atoms with Gasteiger partial charge in [0.1, 0.15) is 11.6 Å². The van der Waals surface area contributed by atoms with Gasteiger partial charge in [0.25, 0.3) is 0 Å². The van der Waals surface area contributed by atoms with Crippen LogP contribution in [-0.2, 0) is 33.5 Å². The van der Waals surface area contributed by atoms with Gasteiger partial charge in [-0.3, -0.25) is 4.98 Å². The first kappa shape index (κ1) is 23.1. The van der Waals surface area contributed by atoms with Crippen LogP contribution in [0, 0.1) is 0 Å². The van der Waals surface area contributed by atoms with Gasteiger partial charge in [0.05, 0.1) is 0 Å². The third-order valence-electron chi connectivity index (χ3n) is 4.75. The number of rotatable bonds is 10. The number of aromatic nitrogens is 1. The van der Waals surface area contributed by atoms with Gasteiger partial charge in [-0.2, -0.15) is 0 Å². The van der Waals surface area contributed by atoms with E-state index in [-0.39, 0.29) is 13.0 Å². The third-order valence-corrected chi connectivity index (χ3v) is 4.75. The summed E-state index contributed by atoms with van der Waals surface area (Å²) in [5.74, 6) is -1.10. The molecule has 7 nitrogen and oxygen atoms in total. The van der Waals surface area contributed by atoms with Gasteiger partial charge in [0.15, 0.2) is 0 Å². The predicted octanol–water partition coefficient (Wildman–Crippen LogP) is 3.67. The maximum atomic E-state index is 11.7. The molecule has 0 unspecified atom stereocenters. The van der Waals surface area contributed by atoms with Crippen molar-refractivity contribution in [3.8, 4) is 0 Å². The van der Waals surface area contributed by atoms with Crippen molar-refractivity contribution >= 4 is 12.1 Å². The van der Waals surface area contributed by atoms with Crippen molar-refractivity contribution in [2.45, 2.75) is 83.8 Å². The lowest BCUT2D eigenvalue weighted by molar-refractivity contribution is -0.140. The minimum Gasteiger partial charge on any atom is -0.480 e. The summed E-state index contributed by atoms with van der Waals surface area (Å²) >= 11 is 0. The Balaban J connectivity index is 1.60. The van der Waals surface area contributed by atoms with Crippen molar-refractivity contribution in [1.29, 1.82) is 0 Å². The lowest BCUT2D eigenvalue weighted by atomic mass is 9.95. The van der Waals surface area contributed by atoms with E-state index in [1.165, 1.54) is 24.1 Å². The smallest absolute Gasteiger partial charge is 0.408 e. The van der Waals surface area contributed by atoms with E-state index in [4.69, 9.17) is 14.5 Å². The summed E-state index contributed by atoms with van der Waals surface area (Å²) < 4.78 is 10.6. The predicted molar refractivity (Wildman–Crippen MR) is 110 cm³/mol. The van der Waals surface area contributed by atoms with Gasteiger partial charge in [0, 0.05) is 31.0 Å². The Hall–Kier alpha value is -2.15. The van der Waals surface area contributed by atoms with Crippen LogP contribution in [-0.4, -0.2) is 47.0 Å². The van der Waals surface area contributed by atoms with E-state index in [2.05, 4.69) is 17.4 Å². The average molecular weight is 407 g/mol. The van der Waals surface area contributed by atoms with Crippen LogP contribution in [0.4, 0.5) is 4.79 Å². The van der Waals surface area contributed by atoms with Crippen LogP contribution < -0.4 is 5.32 Å². The molecule has 29 heavy (non-hydrogen) atoms. The second-order valence-corrected chi connectivity index (χ2v) is 8.51. The molecule has 0 bridgehead atoms. The molecule has 1 aliphatic carbocycles. The molecule has 1 aliphatic rings. The molecule has 2 rings (SSSR count). The van der Waals surface area contributed by atoms with Crippen LogP contribution in [0.2, 0.25) is 0 Å². The standard InChI is InChI=1S/C22H34N2O5/c1-22(2,3)29-21(27)24-19(20(25)26)13-15-28-14-7-6-9-17-12-11-16-8-4-5-10-18(16)23-17/h11-12,19H,4-10,13-15H2,1-3H3,(H,24,27)(H,25,26)/t19-/m0/s1. The number of hydrogen-bond acceptors (Lipinski definition) is 5. The first-order valence-electron chi connectivity index (χ1n) is 10.5. The van der Waals surface area contributed by atoms with Crippen LogP contribution in [0.15, 0.2) is 12.1 Å². The van der Waals surface area contributed by atoms with Gasteiger partial charge in [-0.15, -0.1) is 0 Å². The second-order valence-electron chi connectivity index (χ2n) is 8.51. The minimum atomic E-state index is -1.10. The van der Waals surface area contributed by atoms with E-state index in [1.54, 1.807) is 20.8 Å². The minimum absolute atomic E-state index is 0.195. The average Bonchev–Trinajstić information content (AvgIpc) is 2.64. The van der Waals surface area contributed by atoms with Crippen molar-refractivity contribution in [3.63, 3.8) is 0 Å². The van der Waals surface area contributed by atoms with Gasteiger partial charge in [-0.1, -0.05) is 6.07 Å². The molecule has 1 aromatic rings. The normalized spacial score (nSPS) is 14.7. The zero-order valence-corrected chi connectivity index (χ0v) is 17.8. The first-order valence-corrected chi connectivity index (χ1v) is 10.5. The van der Waals surface area contributed by atoms with E-state index in [0.717, 1.165) is 37.8 Å². The fraction of sp³-hybridized carbons (Fsp3) is 0.682. The highest BCUT2D eigenvalue weighted by molar-refractivity contribution is 5.79. The maximum absolute atomic E-state index is 11.7. The number of unbranched alkanes of at least 4 members (excludes halogenated alkanes) is 1. The number of ether oxygens (including phenoxy) is 2. The number of aliphatic carboxylic acids is 1. The number of carboxylic acids is 1. The molecule has 0 aromatic carbocycles. The second kappa shape index (κ2) is 11.1. The largest absolute Gasteiger partial charge is 0.480 e. The Morgan fingerprint density at radius 2 is 1.93 bits per heavy atom. The Labute approximate surface area is 173 Å². The topological polar surface area (TPSA) is 97.8 Å². The van der Waals surface area contributed by atoms with E-state index < -0.39 is 23.7 Å². The number of carbonyl (C=O) groups excluding carboxylic acids is 1. The number of amides is 1. The van der Waals surface area contributed by atoms with Gasteiger partial charge in [0.2, 0.25) is 0 Å². The van der Waals surface area contributed by atoms with E-state index >= 15 is 0 Å². The highest BCUT2D eigenvalue weighted by atomic mass is 16.6. The van der Waals surface area contributed by atoms with Crippen LogP contribution in [0.1, 0.15) is 69.8 Å². The summed E-state index contributed by atoms with van der Waals surface area (Å²) in [5.41, 5.74) is 3.13. The number of alkyl carbamates (subject to hydrolysis) is 1. The molecular weight excluding hydrogens is 372 g/mol. The van der Waals surface area contributed by atoms with E-state index in [1.807, 2.05) is 0 Å². The first-order chi connectivity index (χ1) is 13.7. The van der Waals surface area contributed by atoms with E-state index in [0.29, 0.717) is 6.61 Å². The molecule has 0 saturated carbocycles. The molecule has 1 heterocycles. The van der Waals surface area contributed by atoms with Crippen LogP contribution in [0.25, 0.3) is 0 Å². The molecule has 162 valence electrons. The van der Waals surface area contributed by atoms with Gasteiger partial charge in [-0.25, -0.2) is 9.59 Å². The highest BCUT2D eigenvalue weighted by Gasteiger charge is 2.23. The lowest BCUT2D eigenvalue weighted by Gasteiger charge is -2.22. The SMILES string of the molecule is CC(C)(C)OC(=O)N[C@@H](CCOCCCCc1ccc2c(n1)CCCC2)C(=O)O. The Kier molecular flexibility index (Phi) is 8.89. The van der Waals surface area contributed by atoms with Crippen LogP contribution >= 0.6 is 0 Å². The summed E-state index contributed by atoms with van der Waals surface area (Å²) in [6, 6.07) is 3.33. The van der Waals surface area contributed by atoms with Gasteiger partial charge in [-0.05, 0) is 77.3 Å². The molecule has 1 aromatic heterocycles. The number of fused-ring (bicyclic) bond motifs is 1. The maximum Gasteiger partial charge on any atom is 0.408 e. The number of carboxylic acid groups (broad SMARTS) is 1. The Morgan fingerprint density at radius 3 is 2.66 bits per heavy atom. The molecule has 1 amide bonds. The highest BCUT2D eigenvalue weighted by Crippen LogP contribution is 2.20. The number of nitrogens with one attached hydrogen (secondary N) is 1. The fourth-order valence-electron chi connectivity index (χ4n) is 3.29. The summed E-state index contributed by atoms with van der Waals surface area (Å²) in [7, 11) is 0. The van der Waals surface area contributed by atoms with Crippen molar-refractivity contribution in [3.05, 3.63) is 29.1 Å². The van der Waals surface area contributed by atoms with E-state index in [9.17, 15) is 14.7 Å². The molecule has 7 heteroatoms. The van der Waals surface area contributed by atoms with Gasteiger partial charge >= 0.3 is 12.1 Å². The molecular formula is C22H34N2O5. The molecule has 1 atom stereocenters. The molecule has 0 spiro atoms. The summed E-state index contributed by atoms with van der Waals surface area (Å²) in [4.78, 5) is 27.8. The number of pyridine rings is 1. The quantitative estimate of drug-likeness (QED) is 0.576. The zero-order valence-electron chi connectivity index (χ0n) is 17.8. The summed E-state index contributed by atoms with van der Waals surface area (Å²) in [6.07, 6.45) is 6.99. The molecule has 0 saturated heterocycles. The third kappa shape index (κ3) is 8.81. The molecule has 0 radical (unpaired) electrons. The van der Waals surface area contributed by atoms with Crippen LogP contribution in [0.5, 0.6) is 0 Å². The zero-order chi connectivity index (χ0) is 21.3. The van der Waals surface area contributed by atoms with Gasteiger partial charge < -0.3 is 19.9 Å². The Bertz CT molecular complexity index is 684. The monoisotopic (exact) mass is 406 g/mol. The van der Waals surface area contributed by atoms with Crippen molar-refractivity contribution in [1.82, 2.24) is 10.3 Å². The number of carbonyl (C=O) groups is 2. The number of aryl methyl sites for hydroxylation is 3. The molecule has 2 N–H and O–H groups in total. The van der Waals surface area contributed by atoms with Crippen molar-refractivity contribution < 1.29 is 24.2 Å². The van der Waals surface area contributed by atoms with Crippen LogP contribution in [0.3, 0.4) is 0 Å². The fourth-order valence-corrected chi connectivity index (χ4v) is 3.29. The van der Waals surface area contributed by atoms with Crippen molar-refractivity contribution in [2.75, 3.05) is 13.2 Å². The number of nitrogens with zero attached hydrogens (tertiary/aromatic N) is 1. The molecule has 0 aliphatic heterocycles. The number of hydrogen-bond donors (Lipinski definition) is 2.